The van der Waals surface area contributed by atoms with E-state index in [1.807, 2.05) is 67.6 Å². The highest BCUT2D eigenvalue weighted by molar-refractivity contribution is 6.31. The van der Waals surface area contributed by atoms with Crippen LogP contribution in [0, 0.1) is 0 Å². The van der Waals surface area contributed by atoms with Gasteiger partial charge in [-0.2, -0.15) is 0 Å². The lowest BCUT2D eigenvalue weighted by molar-refractivity contribution is 0.0697. The zero-order valence-electron chi connectivity index (χ0n) is 19.5. The van der Waals surface area contributed by atoms with Crippen molar-refractivity contribution < 1.29 is 14.7 Å². The Hall–Kier alpha value is -4.22. The van der Waals surface area contributed by atoms with Crippen molar-refractivity contribution in [1.82, 2.24) is 9.97 Å². The van der Waals surface area contributed by atoms with Gasteiger partial charge in [0.2, 0.25) is 0 Å². The van der Waals surface area contributed by atoms with Crippen molar-refractivity contribution >= 4 is 34.4 Å². The third-order valence-corrected chi connectivity index (χ3v) is 6.58. The molecule has 0 aliphatic carbocycles. The average Bonchev–Trinajstić information content (AvgIpc) is 3.33. The number of fused-ring (bicyclic) bond motifs is 1. The number of para-hydroxylation sites is 2. The molecule has 0 fully saturated rings. The molecule has 1 atom stereocenters. The highest BCUT2D eigenvalue weighted by atomic mass is 35.5. The third-order valence-electron chi connectivity index (χ3n) is 6.35. The Balaban J connectivity index is 1.55. The monoisotopic (exact) mass is 494 g/mol. The number of hydrogen-bond acceptors (Lipinski definition) is 3. The Morgan fingerprint density at radius 3 is 2.36 bits per heavy atom. The van der Waals surface area contributed by atoms with E-state index in [0.717, 1.165) is 22.2 Å². The molecule has 4 aromatic carbocycles. The number of halogens is 1. The molecule has 0 aliphatic rings. The number of carbonyl (C=O) groups excluding carboxylic acids is 1. The highest BCUT2D eigenvalue weighted by Gasteiger charge is 2.21. The van der Waals surface area contributed by atoms with Crippen LogP contribution in [0.4, 0.5) is 0 Å². The standard InChI is InChI=1S/C30H23ClN2O3/c1-18(19-7-3-2-4-8-19)15-28(34)20-11-13-22(25(16-20)30(35)36)24-17-21(31)12-14-23(24)29-32-26-9-5-6-10-27(26)33-29/h2-14,16-18H,15H2,1H3,(H,32,33)(H,35,36)/t18-/m0/s1. The number of aromatic amines is 1. The Morgan fingerprint density at radius 1 is 0.889 bits per heavy atom. The summed E-state index contributed by atoms with van der Waals surface area (Å²) >= 11 is 6.33. The van der Waals surface area contributed by atoms with Gasteiger partial charge in [0.1, 0.15) is 5.82 Å². The lowest BCUT2D eigenvalue weighted by atomic mass is 9.90. The van der Waals surface area contributed by atoms with E-state index < -0.39 is 5.97 Å². The molecule has 178 valence electrons. The van der Waals surface area contributed by atoms with Gasteiger partial charge in [0, 0.05) is 22.6 Å². The molecule has 36 heavy (non-hydrogen) atoms. The summed E-state index contributed by atoms with van der Waals surface area (Å²) in [7, 11) is 0. The number of Topliss-reactive ketones (excluding diaryl/α,β-unsaturated/α-hetero) is 1. The van der Waals surface area contributed by atoms with Gasteiger partial charge >= 0.3 is 5.97 Å². The first kappa shape index (κ1) is 23.5. The fourth-order valence-electron chi connectivity index (χ4n) is 4.45. The molecule has 5 rings (SSSR count). The minimum absolute atomic E-state index is 0.0132. The summed E-state index contributed by atoms with van der Waals surface area (Å²) in [6.45, 7) is 1.99. The number of carboxylic acids is 1. The Bertz CT molecular complexity index is 1560. The second-order valence-electron chi connectivity index (χ2n) is 8.80. The summed E-state index contributed by atoms with van der Waals surface area (Å²) in [5.74, 6) is -0.606. The molecule has 2 N–H and O–H groups in total. The molecule has 0 spiro atoms. The van der Waals surface area contributed by atoms with E-state index in [1.54, 1.807) is 24.3 Å². The van der Waals surface area contributed by atoms with E-state index in [-0.39, 0.29) is 23.7 Å². The number of ketones is 1. The quantitative estimate of drug-likeness (QED) is 0.228. The van der Waals surface area contributed by atoms with E-state index in [4.69, 9.17) is 11.6 Å². The number of rotatable bonds is 7. The van der Waals surface area contributed by atoms with Crippen molar-refractivity contribution in [2.45, 2.75) is 19.3 Å². The minimum atomic E-state index is -1.12. The van der Waals surface area contributed by atoms with Crippen LogP contribution in [-0.4, -0.2) is 26.8 Å². The number of nitrogens with zero attached hydrogens (tertiary/aromatic N) is 1. The number of imidazole rings is 1. The second kappa shape index (κ2) is 9.80. The fraction of sp³-hybridized carbons (Fsp3) is 0.100. The molecular weight excluding hydrogens is 472 g/mol. The van der Waals surface area contributed by atoms with Crippen LogP contribution in [0.3, 0.4) is 0 Å². The zero-order valence-corrected chi connectivity index (χ0v) is 20.3. The van der Waals surface area contributed by atoms with Crippen molar-refractivity contribution in [2.75, 3.05) is 0 Å². The maximum atomic E-state index is 13.1. The van der Waals surface area contributed by atoms with Crippen LogP contribution in [0.2, 0.25) is 5.02 Å². The second-order valence-corrected chi connectivity index (χ2v) is 9.23. The van der Waals surface area contributed by atoms with Gasteiger partial charge in [-0.3, -0.25) is 4.79 Å². The molecule has 5 aromatic rings. The summed E-state index contributed by atoms with van der Waals surface area (Å²) < 4.78 is 0. The van der Waals surface area contributed by atoms with Crippen molar-refractivity contribution in [3.05, 3.63) is 113 Å². The SMILES string of the molecule is C[C@@H](CC(=O)c1ccc(-c2cc(Cl)ccc2-c2nc3ccccc3[nH]2)c(C(=O)O)c1)c1ccccc1. The number of aromatic nitrogens is 2. The van der Waals surface area contributed by atoms with Crippen molar-refractivity contribution in [2.24, 2.45) is 0 Å². The van der Waals surface area contributed by atoms with Crippen LogP contribution in [0.5, 0.6) is 0 Å². The van der Waals surface area contributed by atoms with Crippen molar-refractivity contribution in [3.8, 4) is 22.5 Å². The van der Waals surface area contributed by atoms with Gasteiger partial charge in [-0.1, -0.05) is 73.1 Å². The van der Waals surface area contributed by atoms with E-state index in [2.05, 4.69) is 9.97 Å². The number of carboxylic acid groups (broad SMARTS) is 1. The lowest BCUT2D eigenvalue weighted by Crippen LogP contribution is -2.08. The maximum Gasteiger partial charge on any atom is 0.336 e. The molecule has 1 aromatic heterocycles. The first-order valence-electron chi connectivity index (χ1n) is 11.6. The number of benzene rings is 4. The molecule has 0 radical (unpaired) electrons. The normalized spacial score (nSPS) is 11.9. The number of carbonyl (C=O) groups is 2. The molecule has 0 saturated carbocycles. The summed E-state index contributed by atoms with van der Waals surface area (Å²) in [6, 6.07) is 27.6. The average molecular weight is 495 g/mol. The van der Waals surface area contributed by atoms with Gasteiger partial charge in [0.05, 0.1) is 16.6 Å². The third kappa shape index (κ3) is 4.66. The molecule has 0 unspecified atom stereocenters. The van der Waals surface area contributed by atoms with Gasteiger partial charge in [-0.15, -0.1) is 0 Å². The molecule has 0 aliphatic heterocycles. The largest absolute Gasteiger partial charge is 0.478 e. The predicted octanol–water partition coefficient (Wildman–Crippen LogP) is 7.63. The van der Waals surface area contributed by atoms with E-state index in [1.165, 1.54) is 6.07 Å². The van der Waals surface area contributed by atoms with Crippen molar-refractivity contribution in [1.29, 1.82) is 0 Å². The molecule has 0 bridgehead atoms. The number of hydrogen-bond donors (Lipinski definition) is 2. The summed E-state index contributed by atoms with van der Waals surface area (Å²) in [5, 5.41) is 10.5. The molecule has 1 heterocycles. The maximum absolute atomic E-state index is 13.1. The molecule has 0 saturated heterocycles. The predicted molar refractivity (Wildman–Crippen MR) is 143 cm³/mol. The lowest BCUT2D eigenvalue weighted by Gasteiger charge is -2.14. The first-order valence-corrected chi connectivity index (χ1v) is 12.0. The molecule has 0 amide bonds. The van der Waals surface area contributed by atoms with Crippen molar-refractivity contribution in [3.63, 3.8) is 0 Å². The Labute approximate surface area is 213 Å². The van der Waals surface area contributed by atoms with Crippen LogP contribution in [0.15, 0.2) is 91.0 Å². The summed E-state index contributed by atoms with van der Waals surface area (Å²) in [5.41, 5.74) is 4.95. The van der Waals surface area contributed by atoms with Gasteiger partial charge in [-0.05, 0) is 59.0 Å². The van der Waals surface area contributed by atoms with Gasteiger partial charge in [0.15, 0.2) is 5.78 Å². The minimum Gasteiger partial charge on any atom is -0.478 e. The fourth-order valence-corrected chi connectivity index (χ4v) is 4.62. The van der Waals surface area contributed by atoms with Gasteiger partial charge in [0.25, 0.3) is 0 Å². The van der Waals surface area contributed by atoms with E-state index in [0.29, 0.717) is 27.5 Å². The van der Waals surface area contributed by atoms with E-state index >= 15 is 0 Å². The highest BCUT2D eigenvalue weighted by Crippen LogP contribution is 2.36. The van der Waals surface area contributed by atoms with Crippen LogP contribution in [-0.2, 0) is 0 Å². The van der Waals surface area contributed by atoms with Crippen LogP contribution in [0.1, 0.15) is 45.5 Å². The molecule has 6 heteroatoms. The first-order chi connectivity index (χ1) is 17.4. The molecular formula is C30H23ClN2O3. The topological polar surface area (TPSA) is 83.0 Å². The smallest absolute Gasteiger partial charge is 0.336 e. The Kier molecular flexibility index (Phi) is 6.40. The van der Waals surface area contributed by atoms with Crippen LogP contribution >= 0.6 is 11.6 Å². The van der Waals surface area contributed by atoms with Gasteiger partial charge < -0.3 is 10.1 Å². The summed E-state index contributed by atoms with van der Waals surface area (Å²) in [6.07, 6.45) is 0.282. The zero-order chi connectivity index (χ0) is 25.2. The number of H-pyrrole nitrogens is 1. The van der Waals surface area contributed by atoms with Crippen LogP contribution in [0.25, 0.3) is 33.5 Å². The Morgan fingerprint density at radius 2 is 1.61 bits per heavy atom. The number of nitrogens with one attached hydrogen (secondary N) is 1. The van der Waals surface area contributed by atoms with Crippen LogP contribution < -0.4 is 0 Å². The van der Waals surface area contributed by atoms with E-state index in [9.17, 15) is 14.7 Å². The summed E-state index contributed by atoms with van der Waals surface area (Å²) in [4.78, 5) is 33.4. The van der Waals surface area contributed by atoms with Gasteiger partial charge in [-0.25, -0.2) is 9.78 Å². The molecule has 5 nitrogen and oxygen atoms in total. The number of aromatic carboxylic acids is 1.